The molecule has 1 amide bonds. The van der Waals surface area contributed by atoms with Crippen LogP contribution < -0.4 is 5.73 Å². The van der Waals surface area contributed by atoms with Crippen LogP contribution in [0, 0.1) is 11.7 Å². The largest absolute Gasteiger partial charge is 0.338 e. The molecule has 1 aromatic carbocycles. The van der Waals surface area contributed by atoms with Gasteiger partial charge in [-0.05, 0) is 55.9 Å². The molecule has 148 valence electrons. The first kappa shape index (κ1) is 21.4. The topological polar surface area (TPSA) is 64.2 Å². The quantitative estimate of drug-likeness (QED) is 0.858. The summed E-state index contributed by atoms with van der Waals surface area (Å²) in [5.74, 6) is 0.156. The number of carbonyl (C=O) groups is 1. The Morgan fingerprint density at radius 3 is 2.52 bits per heavy atom. The number of carbonyl (C=O) groups excluding carboxylic acids is 1. The lowest BCUT2D eigenvalue weighted by Crippen LogP contribution is -2.45. The molecule has 2 heterocycles. The van der Waals surface area contributed by atoms with Crippen molar-refractivity contribution in [3.05, 3.63) is 47.5 Å². The summed E-state index contributed by atoms with van der Waals surface area (Å²) < 4.78 is 15.0. The van der Waals surface area contributed by atoms with E-state index in [1.165, 1.54) is 12.1 Å². The molecule has 7 heteroatoms. The van der Waals surface area contributed by atoms with Crippen LogP contribution in [-0.2, 0) is 0 Å². The Hall–Kier alpha value is -1.92. The minimum absolute atomic E-state index is 0. The van der Waals surface area contributed by atoms with Gasteiger partial charge in [-0.3, -0.25) is 4.79 Å². The van der Waals surface area contributed by atoms with E-state index in [2.05, 4.69) is 5.10 Å². The van der Waals surface area contributed by atoms with E-state index in [4.69, 9.17) is 5.73 Å². The molecule has 0 saturated carbocycles. The molecular formula is C20H28ClFN4O. The van der Waals surface area contributed by atoms with E-state index in [0.717, 1.165) is 30.8 Å². The van der Waals surface area contributed by atoms with Crippen LogP contribution >= 0.6 is 12.4 Å². The summed E-state index contributed by atoms with van der Waals surface area (Å²) in [4.78, 5) is 15.1. The smallest absolute Gasteiger partial charge is 0.257 e. The van der Waals surface area contributed by atoms with Crippen LogP contribution in [0.3, 0.4) is 0 Å². The van der Waals surface area contributed by atoms with Crippen molar-refractivity contribution in [3.63, 3.8) is 0 Å². The number of nitrogens with two attached hydrogens (primary N) is 1. The van der Waals surface area contributed by atoms with Crippen LogP contribution in [0.25, 0.3) is 5.69 Å². The van der Waals surface area contributed by atoms with Gasteiger partial charge in [0, 0.05) is 19.1 Å². The summed E-state index contributed by atoms with van der Waals surface area (Å²) in [5.41, 5.74) is 8.28. The molecule has 2 atom stereocenters. The maximum absolute atomic E-state index is 13.2. The first-order valence-electron chi connectivity index (χ1n) is 9.27. The lowest BCUT2D eigenvalue weighted by atomic mass is 9.91. The van der Waals surface area contributed by atoms with Crippen molar-refractivity contribution in [2.75, 3.05) is 13.1 Å². The van der Waals surface area contributed by atoms with E-state index in [1.54, 1.807) is 23.0 Å². The number of aromatic nitrogens is 2. The monoisotopic (exact) mass is 394 g/mol. The van der Waals surface area contributed by atoms with E-state index < -0.39 is 0 Å². The highest BCUT2D eigenvalue weighted by Gasteiger charge is 2.30. The fourth-order valence-corrected chi connectivity index (χ4v) is 3.66. The van der Waals surface area contributed by atoms with Crippen molar-refractivity contribution in [1.82, 2.24) is 14.7 Å². The number of benzene rings is 1. The first-order chi connectivity index (χ1) is 12.4. The van der Waals surface area contributed by atoms with Crippen LogP contribution in [0.1, 0.15) is 55.6 Å². The summed E-state index contributed by atoms with van der Waals surface area (Å²) in [6.45, 7) is 7.52. The number of piperidine rings is 1. The molecule has 2 aromatic rings. The molecule has 2 unspecified atom stereocenters. The second kappa shape index (κ2) is 8.85. The lowest BCUT2D eigenvalue weighted by molar-refractivity contribution is 0.0659. The van der Waals surface area contributed by atoms with Gasteiger partial charge in [0.1, 0.15) is 5.82 Å². The van der Waals surface area contributed by atoms with E-state index in [1.807, 2.05) is 25.7 Å². The molecule has 1 aliphatic heterocycles. The molecule has 1 aliphatic rings. The summed E-state index contributed by atoms with van der Waals surface area (Å²) in [7, 11) is 0. The Balaban J connectivity index is 0.00000261. The van der Waals surface area contributed by atoms with Gasteiger partial charge in [-0.25, -0.2) is 9.07 Å². The molecule has 1 aromatic heterocycles. The standard InChI is InChI=1S/C20H27FN4O.ClH/c1-13(2)19-18(11-23-25(19)17-8-6-16(21)7-9-17)20(26)24-10-4-5-15(12-24)14(3)22;/h6-9,11,13-15H,4-5,10,12,22H2,1-3H3;1H. The van der Waals surface area contributed by atoms with Crippen molar-refractivity contribution in [3.8, 4) is 5.69 Å². The van der Waals surface area contributed by atoms with Gasteiger partial charge in [0.05, 0.1) is 23.1 Å². The van der Waals surface area contributed by atoms with Crippen LogP contribution in [0.5, 0.6) is 0 Å². The van der Waals surface area contributed by atoms with E-state index >= 15 is 0 Å². The zero-order valence-corrected chi connectivity index (χ0v) is 16.9. The van der Waals surface area contributed by atoms with Crippen LogP contribution in [0.2, 0.25) is 0 Å². The number of hydrogen-bond donors (Lipinski definition) is 1. The Kier molecular flexibility index (Phi) is 7.00. The van der Waals surface area contributed by atoms with Gasteiger partial charge >= 0.3 is 0 Å². The zero-order valence-electron chi connectivity index (χ0n) is 16.1. The Bertz CT molecular complexity index is 773. The summed E-state index contributed by atoms with van der Waals surface area (Å²) in [6, 6.07) is 6.24. The highest BCUT2D eigenvalue weighted by Crippen LogP contribution is 2.26. The zero-order chi connectivity index (χ0) is 18.8. The summed E-state index contributed by atoms with van der Waals surface area (Å²) >= 11 is 0. The van der Waals surface area contributed by atoms with Gasteiger partial charge in [-0.1, -0.05) is 13.8 Å². The Morgan fingerprint density at radius 2 is 1.93 bits per heavy atom. The van der Waals surface area contributed by atoms with Gasteiger partial charge in [-0.2, -0.15) is 5.10 Å². The number of amides is 1. The number of halogens is 2. The third kappa shape index (κ3) is 4.50. The maximum Gasteiger partial charge on any atom is 0.257 e. The predicted octanol–water partition coefficient (Wildman–Crippen LogP) is 3.76. The van der Waals surface area contributed by atoms with Crippen LogP contribution in [0.4, 0.5) is 4.39 Å². The van der Waals surface area contributed by atoms with Gasteiger partial charge in [-0.15, -0.1) is 12.4 Å². The van der Waals surface area contributed by atoms with E-state index in [9.17, 15) is 9.18 Å². The van der Waals surface area contributed by atoms with Crippen LogP contribution in [0.15, 0.2) is 30.5 Å². The van der Waals surface area contributed by atoms with Gasteiger partial charge in [0.2, 0.25) is 0 Å². The van der Waals surface area contributed by atoms with Crippen molar-refractivity contribution >= 4 is 18.3 Å². The maximum atomic E-state index is 13.2. The molecule has 2 N–H and O–H groups in total. The molecule has 0 spiro atoms. The first-order valence-corrected chi connectivity index (χ1v) is 9.27. The number of hydrogen-bond acceptors (Lipinski definition) is 3. The van der Waals surface area contributed by atoms with E-state index in [0.29, 0.717) is 18.0 Å². The molecule has 0 aliphatic carbocycles. The number of rotatable bonds is 4. The predicted molar refractivity (Wildman–Crippen MR) is 107 cm³/mol. The third-order valence-electron chi connectivity index (χ3n) is 5.14. The molecule has 27 heavy (non-hydrogen) atoms. The average molecular weight is 395 g/mol. The normalized spacial score (nSPS) is 18.3. The van der Waals surface area contributed by atoms with Crippen molar-refractivity contribution in [2.24, 2.45) is 11.7 Å². The summed E-state index contributed by atoms with van der Waals surface area (Å²) in [5, 5.41) is 4.43. The highest BCUT2D eigenvalue weighted by molar-refractivity contribution is 5.95. The third-order valence-corrected chi connectivity index (χ3v) is 5.14. The minimum atomic E-state index is -0.293. The second-order valence-electron chi connectivity index (χ2n) is 7.50. The SMILES string of the molecule is CC(C)c1c(C(=O)N2CCCC(C(C)N)C2)cnn1-c1ccc(F)cc1.Cl. The second-order valence-corrected chi connectivity index (χ2v) is 7.50. The molecule has 1 saturated heterocycles. The Labute approximate surface area is 166 Å². The summed E-state index contributed by atoms with van der Waals surface area (Å²) in [6.07, 6.45) is 3.67. The fourth-order valence-electron chi connectivity index (χ4n) is 3.66. The van der Waals surface area contributed by atoms with Gasteiger partial charge in [0.25, 0.3) is 5.91 Å². The minimum Gasteiger partial charge on any atom is -0.338 e. The molecule has 0 radical (unpaired) electrons. The van der Waals surface area contributed by atoms with Crippen molar-refractivity contribution in [1.29, 1.82) is 0 Å². The molecular weight excluding hydrogens is 367 g/mol. The highest BCUT2D eigenvalue weighted by atomic mass is 35.5. The molecule has 3 rings (SSSR count). The number of nitrogens with zero attached hydrogens (tertiary/aromatic N) is 3. The Morgan fingerprint density at radius 1 is 1.26 bits per heavy atom. The van der Waals surface area contributed by atoms with E-state index in [-0.39, 0.29) is 36.1 Å². The van der Waals surface area contributed by atoms with Crippen molar-refractivity contribution in [2.45, 2.75) is 45.6 Å². The molecule has 1 fully saturated rings. The molecule has 0 bridgehead atoms. The number of likely N-dealkylation sites (tertiary alicyclic amines) is 1. The lowest BCUT2D eigenvalue weighted by Gasteiger charge is -2.34. The van der Waals surface area contributed by atoms with Crippen LogP contribution in [-0.4, -0.2) is 39.7 Å². The average Bonchev–Trinajstić information content (AvgIpc) is 3.07. The van der Waals surface area contributed by atoms with Crippen molar-refractivity contribution < 1.29 is 9.18 Å². The van der Waals surface area contributed by atoms with Gasteiger partial charge in [0.15, 0.2) is 0 Å². The van der Waals surface area contributed by atoms with Gasteiger partial charge < -0.3 is 10.6 Å². The fraction of sp³-hybridized carbons (Fsp3) is 0.500. The molecule has 5 nitrogen and oxygen atoms in total.